The second-order valence-corrected chi connectivity index (χ2v) is 6.41. The SMILES string of the molecule is Cc1cc(Br)ccc1NC(=O)CN(C)CC1CCCN1. The normalized spacial score (nSPS) is 18.5. The lowest BCUT2D eigenvalue weighted by Gasteiger charge is -2.20. The fourth-order valence-corrected chi connectivity index (χ4v) is 3.03. The van der Waals surface area contributed by atoms with Crippen LogP contribution in [0.4, 0.5) is 5.69 Å². The van der Waals surface area contributed by atoms with Gasteiger partial charge in [0.15, 0.2) is 0 Å². The van der Waals surface area contributed by atoms with Gasteiger partial charge in [-0.15, -0.1) is 0 Å². The summed E-state index contributed by atoms with van der Waals surface area (Å²) < 4.78 is 1.03. The van der Waals surface area contributed by atoms with Crippen LogP contribution in [-0.4, -0.2) is 43.5 Å². The number of halogens is 1. The van der Waals surface area contributed by atoms with E-state index in [1.807, 2.05) is 32.2 Å². The predicted octanol–water partition coefficient (Wildman–Crippen LogP) is 2.38. The molecule has 0 bridgehead atoms. The first-order valence-electron chi connectivity index (χ1n) is 7.02. The maximum atomic E-state index is 12.0. The van der Waals surface area contributed by atoms with Crippen LogP contribution in [0, 0.1) is 6.92 Å². The molecule has 1 amide bonds. The Hall–Kier alpha value is -0.910. The molecule has 1 aliphatic heterocycles. The summed E-state index contributed by atoms with van der Waals surface area (Å²) in [5, 5.41) is 6.42. The van der Waals surface area contributed by atoms with Gasteiger partial charge in [-0.2, -0.15) is 0 Å². The number of likely N-dealkylation sites (N-methyl/N-ethyl adjacent to an activating group) is 1. The molecule has 1 aromatic rings. The van der Waals surface area contributed by atoms with Crippen molar-refractivity contribution in [2.45, 2.75) is 25.8 Å². The summed E-state index contributed by atoms with van der Waals surface area (Å²) in [6, 6.07) is 6.40. The zero-order chi connectivity index (χ0) is 14.5. The number of nitrogens with zero attached hydrogens (tertiary/aromatic N) is 1. The van der Waals surface area contributed by atoms with Crippen LogP contribution in [0.1, 0.15) is 18.4 Å². The van der Waals surface area contributed by atoms with E-state index in [2.05, 4.69) is 31.5 Å². The number of nitrogens with one attached hydrogen (secondary N) is 2. The van der Waals surface area contributed by atoms with Crippen molar-refractivity contribution < 1.29 is 4.79 Å². The Bertz CT molecular complexity index is 472. The summed E-state index contributed by atoms with van der Waals surface area (Å²) in [7, 11) is 1.99. The number of aryl methyl sites for hydroxylation is 1. The summed E-state index contributed by atoms with van der Waals surface area (Å²) in [6.45, 7) is 4.44. The lowest BCUT2D eigenvalue weighted by molar-refractivity contribution is -0.117. The van der Waals surface area contributed by atoms with Gasteiger partial charge in [-0.1, -0.05) is 15.9 Å². The lowest BCUT2D eigenvalue weighted by atomic mass is 10.2. The highest BCUT2D eigenvalue weighted by molar-refractivity contribution is 9.10. The van der Waals surface area contributed by atoms with Crippen LogP contribution >= 0.6 is 15.9 Å². The van der Waals surface area contributed by atoms with Crippen LogP contribution in [-0.2, 0) is 4.79 Å². The van der Waals surface area contributed by atoms with E-state index in [-0.39, 0.29) is 5.91 Å². The summed E-state index contributed by atoms with van der Waals surface area (Å²) in [6.07, 6.45) is 2.45. The van der Waals surface area contributed by atoms with Gasteiger partial charge in [0.25, 0.3) is 0 Å². The Morgan fingerprint density at radius 3 is 3.00 bits per heavy atom. The second kappa shape index (κ2) is 7.20. The number of benzene rings is 1. The molecule has 1 unspecified atom stereocenters. The van der Waals surface area contributed by atoms with Crippen molar-refractivity contribution in [1.29, 1.82) is 0 Å². The third-order valence-electron chi connectivity index (χ3n) is 3.57. The number of amides is 1. The minimum atomic E-state index is 0.0379. The Balaban J connectivity index is 1.82. The molecule has 1 heterocycles. The summed E-state index contributed by atoms with van der Waals surface area (Å²) in [5.74, 6) is 0.0379. The molecule has 5 heteroatoms. The number of anilines is 1. The molecular formula is C15H22BrN3O. The highest BCUT2D eigenvalue weighted by Crippen LogP contribution is 2.19. The van der Waals surface area contributed by atoms with Crippen LogP contribution in [0.5, 0.6) is 0 Å². The van der Waals surface area contributed by atoms with Crippen molar-refractivity contribution in [1.82, 2.24) is 10.2 Å². The molecule has 0 aromatic heterocycles. The third kappa shape index (κ3) is 4.58. The number of rotatable bonds is 5. The molecule has 0 aliphatic carbocycles. The minimum absolute atomic E-state index is 0.0379. The van der Waals surface area contributed by atoms with Gasteiger partial charge >= 0.3 is 0 Å². The van der Waals surface area contributed by atoms with E-state index in [1.54, 1.807) is 0 Å². The average molecular weight is 340 g/mol. The fourth-order valence-electron chi connectivity index (χ4n) is 2.56. The van der Waals surface area contributed by atoms with Crippen LogP contribution in [0.2, 0.25) is 0 Å². The molecule has 0 spiro atoms. The maximum Gasteiger partial charge on any atom is 0.238 e. The van der Waals surface area contributed by atoms with Gasteiger partial charge in [-0.3, -0.25) is 9.69 Å². The lowest BCUT2D eigenvalue weighted by Crippen LogP contribution is -2.39. The topological polar surface area (TPSA) is 44.4 Å². The standard InChI is InChI=1S/C15H22BrN3O/c1-11-8-12(16)5-6-14(11)18-15(20)10-19(2)9-13-4-3-7-17-13/h5-6,8,13,17H,3-4,7,9-10H2,1-2H3,(H,18,20). The van der Waals surface area contributed by atoms with Gasteiger partial charge in [-0.25, -0.2) is 0 Å². The van der Waals surface area contributed by atoms with E-state index in [9.17, 15) is 4.79 Å². The summed E-state index contributed by atoms with van der Waals surface area (Å²) in [4.78, 5) is 14.1. The molecule has 20 heavy (non-hydrogen) atoms. The Labute approximate surface area is 129 Å². The van der Waals surface area contributed by atoms with E-state index in [4.69, 9.17) is 0 Å². The molecule has 1 saturated heterocycles. The van der Waals surface area contributed by atoms with E-state index >= 15 is 0 Å². The molecule has 0 saturated carbocycles. The van der Waals surface area contributed by atoms with Crippen LogP contribution in [0.15, 0.2) is 22.7 Å². The Morgan fingerprint density at radius 2 is 2.35 bits per heavy atom. The van der Waals surface area contributed by atoms with Crippen LogP contribution in [0.25, 0.3) is 0 Å². The maximum absolute atomic E-state index is 12.0. The minimum Gasteiger partial charge on any atom is -0.325 e. The molecule has 1 aliphatic rings. The fraction of sp³-hybridized carbons (Fsp3) is 0.533. The number of carbonyl (C=O) groups excluding carboxylic acids is 1. The molecule has 110 valence electrons. The first kappa shape index (κ1) is 15.5. The molecule has 4 nitrogen and oxygen atoms in total. The second-order valence-electron chi connectivity index (χ2n) is 5.50. The van der Waals surface area contributed by atoms with Crippen LogP contribution < -0.4 is 10.6 Å². The third-order valence-corrected chi connectivity index (χ3v) is 4.06. The van der Waals surface area contributed by atoms with Crippen molar-refractivity contribution in [2.75, 3.05) is 32.0 Å². The Kier molecular flexibility index (Phi) is 5.57. The molecule has 1 atom stereocenters. The van der Waals surface area contributed by atoms with Gasteiger partial charge in [0, 0.05) is 22.7 Å². The number of carbonyl (C=O) groups is 1. The predicted molar refractivity (Wildman–Crippen MR) is 86.0 cm³/mol. The van der Waals surface area contributed by atoms with Gasteiger partial charge in [0.2, 0.25) is 5.91 Å². The van der Waals surface area contributed by atoms with Crippen LogP contribution in [0.3, 0.4) is 0 Å². The van der Waals surface area contributed by atoms with Gasteiger partial charge < -0.3 is 10.6 Å². The zero-order valence-electron chi connectivity index (χ0n) is 12.1. The van der Waals surface area contributed by atoms with Crippen molar-refractivity contribution in [3.05, 3.63) is 28.2 Å². The van der Waals surface area contributed by atoms with E-state index in [1.165, 1.54) is 12.8 Å². The summed E-state index contributed by atoms with van der Waals surface area (Å²) >= 11 is 3.42. The van der Waals surface area contributed by atoms with Gasteiger partial charge in [0.05, 0.1) is 6.54 Å². The quantitative estimate of drug-likeness (QED) is 0.865. The zero-order valence-corrected chi connectivity index (χ0v) is 13.7. The van der Waals surface area contributed by atoms with Crippen molar-refractivity contribution in [3.8, 4) is 0 Å². The van der Waals surface area contributed by atoms with E-state index < -0.39 is 0 Å². The van der Waals surface area contributed by atoms with E-state index in [0.717, 1.165) is 28.8 Å². The highest BCUT2D eigenvalue weighted by atomic mass is 79.9. The Morgan fingerprint density at radius 1 is 1.55 bits per heavy atom. The van der Waals surface area contributed by atoms with Crippen molar-refractivity contribution in [2.24, 2.45) is 0 Å². The first-order chi connectivity index (χ1) is 9.54. The summed E-state index contributed by atoms with van der Waals surface area (Å²) in [5.41, 5.74) is 1.94. The molecule has 0 radical (unpaired) electrons. The molecule has 1 aromatic carbocycles. The molecule has 2 rings (SSSR count). The molecule has 1 fully saturated rings. The van der Waals surface area contributed by atoms with Gasteiger partial charge in [0.1, 0.15) is 0 Å². The highest BCUT2D eigenvalue weighted by Gasteiger charge is 2.17. The van der Waals surface area contributed by atoms with Crippen molar-refractivity contribution >= 4 is 27.5 Å². The van der Waals surface area contributed by atoms with Gasteiger partial charge in [-0.05, 0) is 57.1 Å². The molecule has 2 N–H and O–H groups in total. The smallest absolute Gasteiger partial charge is 0.238 e. The first-order valence-corrected chi connectivity index (χ1v) is 7.82. The van der Waals surface area contributed by atoms with Crippen molar-refractivity contribution in [3.63, 3.8) is 0 Å². The largest absolute Gasteiger partial charge is 0.325 e. The molecular weight excluding hydrogens is 318 g/mol. The monoisotopic (exact) mass is 339 g/mol. The average Bonchev–Trinajstić information content (AvgIpc) is 2.85. The number of hydrogen-bond acceptors (Lipinski definition) is 3. The number of hydrogen-bond donors (Lipinski definition) is 2. The van der Waals surface area contributed by atoms with E-state index in [0.29, 0.717) is 12.6 Å².